The number of hydrogen-bond donors (Lipinski definition) is 0. The van der Waals surface area contributed by atoms with Crippen molar-refractivity contribution < 1.29 is 67.4 Å². The number of hydrogen-bond acceptors (Lipinski definition) is 0. The second kappa shape index (κ2) is 9.16. The molecule has 0 spiro atoms. The molecule has 1 aliphatic carbocycles. The van der Waals surface area contributed by atoms with E-state index >= 15 is 0 Å². The maximum atomic E-state index is 9.87. The van der Waals surface area contributed by atoms with Crippen LogP contribution in [0.5, 0.6) is 0 Å². The average Bonchev–Trinajstić information content (AvgIpc) is 2.91. The van der Waals surface area contributed by atoms with Gasteiger partial charge in [0.05, 0.1) is 0 Å². The van der Waals surface area contributed by atoms with Crippen molar-refractivity contribution in [3.05, 3.63) is 60.2 Å². The summed E-state index contributed by atoms with van der Waals surface area (Å²) in [5.74, 6) is 0.659. The van der Waals surface area contributed by atoms with Crippen LogP contribution in [-0.4, -0.2) is 0 Å². The summed E-state index contributed by atoms with van der Waals surface area (Å²) in [6, 6.07) is 10.5. The smallest absolute Gasteiger partial charge is 2.00 e. The number of halogens is 12. The predicted octanol–water partition coefficient (Wildman–Crippen LogP) is 11.1. The predicted molar refractivity (Wildman–Crippen MR) is 90.6 cm³/mol. The first-order valence-corrected chi connectivity index (χ1v) is 11.3. The molecule has 0 atom stereocenters. The standard InChI is InChI=1S/C9H12.C5H6.2F6P.Fe/c1-8(2)9-6-4-3-5-7-9;1-2-4-5-3-1;2*1-7(2,3,4,5)6;/h3-8H,1-2H3;1-4H,5H2;;;/q;;2*-1;+2. The molecule has 15 heteroatoms. The van der Waals surface area contributed by atoms with Crippen LogP contribution in [0.2, 0.25) is 0 Å². The molecule has 0 heterocycles. The second-order valence-electron chi connectivity index (χ2n) is 5.57. The molecule has 0 aromatic heterocycles. The van der Waals surface area contributed by atoms with E-state index in [9.17, 15) is 50.4 Å². The fourth-order valence-corrected chi connectivity index (χ4v) is 1.23. The van der Waals surface area contributed by atoms with E-state index in [1.54, 1.807) is 0 Å². The second-order valence-corrected chi connectivity index (χ2v) is 9.41. The Labute approximate surface area is 170 Å². The minimum absolute atomic E-state index is 0. The SMILES string of the molecule is C1=CCC=C1.CC(C)c1ccccc1.F[P-](F)(F)(F)(F)F.F[P-](F)(F)(F)(F)F.[Fe+2]. The van der Waals surface area contributed by atoms with E-state index < -0.39 is 15.6 Å². The van der Waals surface area contributed by atoms with Crippen molar-refractivity contribution in [2.45, 2.75) is 26.2 Å². The van der Waals surface area contributed by atoms with Crippen LogP contribution in [0, 0.1) is 0 Å². The van der Waals surface area contributed by atoms with Crippen LogP contribution < -0.4 is 0 Å². The Morgan fingerprint density at radius 1 is 0.621 bits per heavy atom. The van der Waals surface area contributed by atoms with Crippen LogP contribution in [0.15, 0.2) is 54.6 Å². The minimum Gasteiger partial charge on any atom is 2.00 e. The molecule has 0 bridgehead atoms. The quantitative estimate of drug-likeness (QED) is 0.192. The zero-order valence-corrected chi connectivity index (χ0v) is 17.7. The van der Waals surface area contributed by atoms with Gasteiger partial charge in [-0.05, 0) is 17.9 Å². The van der Waals surface area contributed by atoms with Gasteiger partial charge in [-0.25, -0.2) is 0 Å². The van der Waals surface area contributed by atoms with Crippen molar-refractivity contribution in [1.82, 2.24) is 0 Å². The van der Waals surface area contributed by atoms with E-state index in [4.69, 9.17) is 0 Å². The third-order valence-electron chi connectivity index (χ3n) is 2.12. The number of rotatable bonds is 1. The first-order chi connectivity index (χ1) is 11.7. The summed E-state index contributed by atoms with van der Waals surface area (Å²) < 4.78 is 118. The molecule has 0 aliphatic heterocycles. The topological polar surface area (TPSA) is 0 Å². The summed E-state index contributed by atoms with van der Waals surface area (Å²) in [6.07, 6.45) is 9.50. The van der Waals surface area contributed by atoms with Gasteiger partial charge in [-0.3, -0.25) is 0 Å². The molecule has 0 amide bonds. The Kier molecular flexibility index (Phi) is 10.4. The molecule has 0 saturated heterocycles. The molecule has 0 saturated carbocycles. The van der Waals surface area contributed by atoms with Crippen molar-refractivity contribution in [3.8, 4) is 0 Å². The molecule has 0 unspecified atom stereocenters. The van der Waals surface area contributed by atoms with Gasteiger partial charge in [-0.15, -0.1) is 0 Å². The van der Waals surface area contributed by atoms with Gasteiger partial charge in [0.2, 0.25) is 0 Å². The molecule has 0 nitrogen and oxygen atoms in total. The first-order valence-electron chi connectivity index (χ1n) is 7.20. The molecule has 1 aromatic rings. The molecule has 0 N–H and O–H groups in total. The fourth-order valence-electron chi connectivity index (χ4n) is 1.23. The Balaban J connectivity index is -0.000000313. The van der Waals surface area contributed by atoms with Gasteiger partial charge < -0.3 is 0 Å². The summed E-state index contributed by atoms with van der Waals surface area (Å²) >= 11 is 0. The van der Waals surface area contributed by atoms with Gasteiger partial charge in [0, 0.05) is 0 Å². The van der Waals surface area contributed by atoms with Gasteiger partial charge in [0.25, 0.3) is 0 Å². The third kappa shape index (κ3) is 65.8. The van der Waals surface area contributed by atoms with E-state index in [1.165, 1.54) is 5.56 Å². The average molecular weight is 532 g/mol. The van der Waals surface area contributed by atoms with Crippen molar-refractivity contribution in [3.63, 3.8) is 0 Å². The van der Waals surface area contributed by atoms with Crippen molar-refractivity contribution in [2.75, 3.05) is 0 Å². The normalized spacial score (nSPS) is 17.3. The number of allylic oxidation sites excluding steroid dienone is 4. The summed E-state index contributed by atoms with van der Waals surface area (Å²) in [4.78, 5) is 0. The van der Waals surface area contributed by atoms with Gasteiger partial charge in [0.1, 0.15) is 0 Å². The van der Waals surface area contributed by atoms with Crippen LogP contribution in [0.3, 0.4) is 0 Å². The van der Waals surface area contributed by atoms with Crippen LogP contribution >= 0.6 is 15.6 Å². The van der Waals surface area contributed by atoms with E-state index in [2.05, 4.69) is 62.4 Å². The van der Waals surface area contributed by atoms with Crippen LogP contribution in [0.4, 0.5) is 50.4 Å². The van der Waals surface area contributed by atoms with E-state index in [-0.39, 0.29) is 17.1 Å². The molecular formula is C14H18F12FeP2. The minimum atomic E-state index is -10.7. The van der Waals surface area contributed by atoms with Gasteiger partial charge in [-0.1, -0.05) is 68.5 Å². The molecule has 0 fully saturated rings. The summed E-state index contributed by atoms with van der Waals surface area (Å²) in [6.45, 7) is 4.41. The molecular weight excluding hydrogens is 514 g/mol. The summed E-state index contributed by atoms with van der Waals surface area (Å²) in [5, 5.41) is 0. The monoisotopic (exact) mass is 532 g/mol. The Hall–Kier alpha value is -0.761. The molecule has 176 valence electrons. The van der Waals surface area contributed by atoms with Gasteiger partial charge >= 0.3 is 83.0 Å². The summed E-state index contributed by atoms with van der Waals surface area (Å²) in [7, 11) is -21.3. The van der Waals surface area contributed by atoms with Crippen LogP contribution in [-0.2, 0) is 17.1 Å². The molecule has 2 rings (SSSR count). The zero-order valence-electron chi connectivity index (χ0n) is 14.8. The van der Waals surface area contributed by atoms with E-state index in [0.717, 1.165) is 6.42 Å². The molecule has 1 aliphatic rings. The Morgan fingerprint density at radius 3 is 1.03 bits per heavy atom. The Bertz CT molecular complexity index is 596. The first kappa shape index (κ1) is 32.9. The van der Waals surface area contributed by atoms with Crippen molar-refractivity contribution in [2.24, 2.45) is 0 Å². The zero-order chi connectivity index (χ0) is 23.0. The molecule has 29 heavy (non-hydrogen) atoms. The van der Waals surface area contributed by atoms with Crippen molar-refractivity contribution >= 4 is 15.6 Å². The summed E-state index contributed by atoms with van der Waals surface area (Å²) in [5.41, 5.74) is 1.41. The Morgan fingerprint density at radius 2 is 0.897 bits per heavy atom. The van der Waals surface area contributed by atoms with E-state index in [1.807, 2.05) is 6.07 Å². The maximum Gasteiger partial charge on any atom is 2.00 e. The fraction of sp³-hybridized carbons (Fsp3) is 0.286. The third-order valence-corrected chi connectivity index (χ3v) is 2.12. The van der Waals surface area contributed by atoms with Crippen LogP contribution in [0.25, 0.3) is 0 Å². The van der Waals surface area contributed by atoms with E-state index in [0.29, 0.717) is 5.92 Å². The molecule has 1 aromatic carbocycles. The van der Waals surface area contributed by atoms with Gasteiger partial charge in [0.15, 0.2) is 0 Å². The number of benzene rings is 1. The van der Waals surface area contributed by atoms with Gasteiger partial charge in [-0.2, -0.15) is 0 Å². The van der Waals surface area contributed by atoms with Crippen LogP contribution in [0.1, 0.15) is 31.7 Å². The maximum absolute atomic E-state index is 10.7. The molecule has 0 radical (unpaired) electrons. The van der Waals surface area contributed by atoms with Crippen molar-refractivity contribution in [1.29, 1.82) is 0 Å². The largest absolute Gasteiger partial charge is 2.00 e.